The van der Waals surface area contributed by atoms with E-state index in [4.69, 9.17) is 0 Å². The van der Waals surface area contributed by atoms with Gasteiger partial charge < -0.3 is 10.2 Å². The normalized spacial score (nSPS) is 18.0. The number of nitrogens with one attached hydrogen (secondary N) is 1. The largest absolute Gasteiger partial charge is 0.356 e. The van der Waals surface area contributed by atoms with Crippen LogP contribution < -0.4 is 5.32 Å². The first kappa shape index (κ1) is 15.5. The van der Waals surface area contributed by atoms with Crippen molar-refractivity contribution in [3.8, 4) is 0 Å². The van der Waals surface area contributed by atoms with E-state index >= 15 is 0 Å². The Morgan fingerprint density at radius 2 is 2.05 bits per heavy atom. The molecule has 1 saturated heterocycles. The molecule has 4 nitrogen and oxygen atoms in total. The van der Waals surface area contributed by atoms with Gasteiger partial charge in [-0.15, -0.1) is 0 Å². The van der Waals surface area contributed by atoms with Gasteiger partial charge in [0, 0.05) is 26.1 Å². The first-order valence-electron chi connectivity index (χ1n) is 7.80. The Bertz CT molecular complexity index is 473. The summed E-state index contributed by atoms with van der Waals surface area (Å²) in [6, 6.07) is 9.90. The Labute approximate surface area is 126 Å². The number of carbonyl (C=O) groups excluding carboxylic acids is 2. The Kier molecular flexibility index (Phi) is 5.78. The molecule has 1 atom stereocenters. The smallest absolute Gasteiger partial charge is 0.225 e. The molecule has 0 spiro atoms. The Morgan fingerprint density at radius 1 is 1.29 bits per heavy atom. The Hall–Kier alpha value is -1.84. The summed E-state index contributed by atoms with van der Waals surface area (Å²) in [5.41, 5.74) is 1.11. The molecule has 0 saturated carbocycles. The molecule has 4 heteroatoms. The van der Waals surface area contributed by atoms with Gasteiger partial charge >= 0.3 is 0 Å². The molecule has 1 heterocycles. The van der Waals surface area contributed by atoms with Gasteiger partial charge in [0.2, 0.25) is 11.8 Å². The van der Waals surface area contributed by atoms with Gasteiger partial charge in [-0.05, 0) is 12.0 Å². The molecule has 0 aliphatic carbocycles. The van der Waals surface area contributed by atoms with Crippen LogP contribution in [0.15, 0.2) is 30.3 Å². The molecule has 0 bridgehead atoms. The van der Waals surface area contributed by atoms with Crippen LogP contribution in [-0.2, 0) is 16.1 Å². The highest BCUT2D eigenvalue weighted by molar-refractivity contribution is 5.89. The summed E-state index contributed by atoms with van der Waals surface area (Å²) in [4.78, 5) is 25.9. The van der Waals surface area contributed by atoms with Crippen LogP contribution in [0.1, 0.15) is 38.2 Å². The molecule has 0 radical (unpaired) electrons. The van der Waals surface area contributed by atoms with E-state index in [9.17, 15) is 9.59 Å². The van der Waals surface area contributed by atoms with Crippen LogP contribution in [0.3, 0.4) is 0 Å². The monoisotopic (exact) mass is 288 g/mol. The molecule has 1 aromatic rings. The highest BCUT2D eigenvalue weighted by Gasteiger charge is 2.33. The third-order valence-electron chi connectivity index (χ3n) is 3.88. The molecule has 1 N–H and O–H groups in total. The third kappa shape index (κ3) is 4.59. The number of benzene rings is 1. The van der Waals surface area contributed by atoms with Crippen molar-refractivity contribution in [1.29, 1.82) is 0 Å². The number of amides is 2. The predicted molar refractivity (Wildman–Crippen MR) is 82.5 cm³/mol. The van der Waals surface area contributed by atoms with Crippen molar-refractivity contribution < 1.29 is 9.59 Å². The summed E-state index contributed by atoms with van der Waals surface area (Å²) in [6.45, 7) is 3.99. The Morgan fingerprint density at radius 3 is 2.76 bits per heavy atom. The molecule has 1 aliphatic heterocycles. The van der Waals surface area contributed by atoms with E-state index in [1.807, 2.05) is 30.3 Å². The summed E-state index contributed by atoms with van der Waals surface area (Å²) in [5.74, 6) is -0.0922. The van der Waals surface area contributed by atoms with Gasteiger partial charge in [0.25, 0.3) is 0 Å². The standard InChI is InChI=1S/C17H24N2O2/c1-2-3-7-10-18-17(21)15-11-16(20)19(13-15)12-14-8-5-4-6-9-14/h4-6,8-9,15H,2-3,7,10-13H2,1H3,(H,18,21). The minimum absolute atomic E-state index is 0.0232. The maximum Gasteiger partial charge on any atom is 0.225 e. The van der Waals surface area contributed by atoms with Crippen LogP contribution in [0.25, 0.3) is 0 Å². The third-order valence-corrected chi connectivity index (χ3v) is 3.88. The van der Waals surface area contributed by atoms with Gasteiger partial charge in [0.05, 0.1) is 5.92 Å². The van der Waals surface area contributed by atoms with Crippen LogP contribution in [0.2, 0.25) is 0 Å². The van der Waals surface area contributed by atoms with Crippen LogP contribution in [0, 0.1) is 5.92 Å². The second-order valence-electron chi connectivity index (χ2n) is 5.66. The number of nitrogens with zero attached hydrogens (tertiary/aromatic N) is 1. The summed E-state index contributed by atoms with van der Waals surface area (Å²) < 4.78 is 0. The molecule has 1 fully saturated rings. The van der Waals surface area contributed by atoms with E-state index in [2.05, 4.69) is 12.2 Å². The van der Waals surface area contributed by atoms with Crippen molar-refractivity contribution in [2.45, 2.75) is 39.2 Å². The van der Waals surface area contributed by atoms with Gasteiger partial charge in [-0.3, -0.25) is 9.59 Å². The van der Waals surface area contributed by atoms with Gasteiger partial charge in [-0.25, -0.2) is 0 Å². The molecule has 1 aromatic carbocycles. The molecule has 21 heavy (non-hydrogen) atoms. The fraction of sp³-hybridized carbons (Fsp3) is 0.529. The lowest BCUT2D eigenvalue weighted by Gasteiger charge is -2.16. The van der Waals surface area contributed by atoms with Crippen LogP contribution in [-0.4, -0.2) is 29.8 Å². The van der Waals surface area contributed by atoms with Crippen molar-refractivity contribution in [3.05, 3.63) is 35.9 Å². The highest BCUT2D eigenvalue weighted by atomic mass is 16.2. The molecular formula is C17H24N2O2. The first-order valence-corrected chi connectivity index (χ1v) is 7.80. The van der Waals surface area contributed by atoms with E-state index in [1.54, 1.807) is 4.90 Å². The van der Waals surface area contributed by atoms with E-state index in [-0.39, 0.29) is 17.7 Å². The lowest BCUT2D eigenvalue weighted by Crippen LogP contribution is -2.33. The number of hydrogen-bond acceptors (Lipinski definition) is 2. The van der Waals surface area contributed by atoms with Crippen molar-refractivity contribution in [2.75, 3.05) is 13.1 Å². The first-order chi connectivity index (χ1) is 10.2. The number of hydrogen-bond donors (Lipinski definition) is 1. The van der Waals surface area contributed by atoms with E-state index in [1.165, 1.54) is 0 Å². The quantitative estimate of drug-likeness (QED) is 0.783. The highest BCUT2D eigenvalue weighted by Crippen LogP contribution is 2.20. The summed E-state index contributed by atoms with van der Waals surface area (Å²) in [5, 5.41) is 2.95. The van der Waals surface area contributed by atoms with Crippen molar-refractivity contribution >= 4 is 11.8 Å². The molecule has 1 aliphatic rings. The average molecular weight is 288 g/mol. The number of unbranched alkanes of at least 4 members (excludes halogenated alkanes) is 2. The minimum Gasteiger partial charge on any atom is -0.356 e. The van der Waals surface area contributed by atoms with E-state index in [0.717, 1.165) is 31.4 Å². The lowest BCUT2D eigenvalue weighted by molar-refractivity contribution is -0.129. The molecule has 1 unspecified atom stereocenters. The lowest BCUT2D eigenvalue weighted by atomic mass is 10.1. The predicted octanol–water partition coefficient (Wildman–Crippen LogP) is 2.34. The minimum atomic E-state index is -0.192. The van der Waals surface area contributed by atoms with Gasteiger partial charge in [0.15, 0.2) is 0 Å². The fourth-order valence-electron chi connectivity index (χ4n) is 2.64. The zero-order valence-electron chi connectivity index (χ0n) is 12.7. The van der Waals surface area contributed by atoms with E-state index in [0.29, 0.717) is 19.5 Å². The number of likely N-dealkylation sites (tertiary alicyclic amines) is 1. The zero-order valence-corrected chi connectivity index (χ0v) is 12.7. The number of carbonyl (C=O) groups is 2. The maximum absolute atomic E-state index is 12.1. The maximum atomic E-state index is 12.1. The zero-order chi connectivity index (χ0) is 15.1. The summed E-state index contributed by atoms with van der Waals surface area (Å²) in [7, 11) is 0. The van der Waals surface area contributed by atoms with E-state index < -0.39 is 0 Å². The molecule has 2 amide bonds. The van der Waals surface area contributed by atoms with Gasteiger partial charge in [-0.1, -0.05) is 50.1 Å². The molecular weight excluding hydrogens is 264 g/mol. The van der Waals surface area contributed by atoms with Crippen LogP contribution in [0.4, 0.5) is 0 Å². The molecule has 0 aromatic heterocycles. The topological polar surface area (TPSA) is 49.4 Å². The SMILES string of the molecule is CCCCCNC(=O)C1CC(=O)N(Cc2ccccc2)C1. The summed E-state index contributed by atoms with van der Waals surface area (Å²) in [6.07, 6.45) is 3.62. The second kappa shape index (κ2) is 7.81. The number of rotatable bonds is 7. The van der Waals surface area contributed by atoms with Gasteiger partial charge in [0.1, 0.15) is 0 Å². The second-order valence-corrected chi connectivity index (χ2v) is 5.66. The van der Waals surface area contributed by atoms with Crippen LogP contribution in [0.5, 0.6) is 0 Å². The summed E-state index contributed by atoms with van der Waals surface area (Å²) >= 11 is 0. The Balaban J connectivity index is 1.80. The van der Waals surface area contributed by atoms with Crippen molar-refractivity contribution in [3.63, 3.8) is 0 Å². The van der Waals surface area contributed by atoms with Crippen molar-refractivity contribution in [1.82, 2.24) is 10.2 Å². The van der Waals surface area contributed by atoms with Gasteiger partial charge in [-0.2, -0.15) is 0 Å². The van der Waals surface area contributed by atoms with Crippen molar-refractivity contribution in [2.24, 2.45) is 5.92 Å². The average Bonchev–Trinajstić information content (AvgIpc) is 2.86. The molecule has 114 valence electrons. The fourth-order valence-corrected chi connectivity index (χ4v) is 2.64. The van der Waals surface area contributed by atoms with Crippen LogP contribution >= 0.6 is 0 Å². The molecule has 2 rings (SSSR count).